The third-order valence-electron chi connectivity index (χ3n) is 5.31. The van der Waals surface area contributed by atoms with Crippen LogP contribution in [0.5, 0.6) is 5.75 Å². The van der Waals surface area contributed by atoms with Crippen LogP contribution in [0, 0.1) is 0 Å². The molecule has 0 fully saturated rings. The lowest BCUT2D eigenvalue weighted by Crippen LogP contribution is -2.35. The van der Waals surface area contributed by atoms with Crippen LogP contribution >= 0.6 is 23.2 Å². The zero-order valence-corrected chi connectivity index (χ0v) is 18.6. The molecule has 0 radical (unpaired) electrons. The van der Waals surface area contributed by atoms with Crippen molar-refractivity contribution in [3.05, 3.63) is 33.8 Å². The number of benzene rings is 1. The summed E-state index contributed by atoms with van der Waals surface area (Å²) in [5, 5.41) is 14.2. The van der Waals surface area contributed by atoms with E-state index in [4.69, 9.17) is 27.9 Å². The second-order valence-corrected chi connectivity index (χ2v) is 8.29. The van der Waals surface area contributed by atoms with Gasteiger partial charge in [-0.15, -0.1) is 0 Å². The summed E-state index contributed by atoms with van der Waals surface area (Å²) in [7, 11) is 0. The van der Waals surface area contributed by atoms with Gasteiger partial charge in [0.15, 0.2) is 0 Å². The van der Waals surface area contributed by atoms with Crippen LogP contribution in [0.25, 0.3) is 0 Å². The number of anilines is 1. The van der Waals surface area contributed by atoms with E-state index in [0.29, 0.717) is 31.0 Å². The monoisotopic (exact) mass is 453 g/mol. The van der Waals surface area contributed by atoms with Gasteiger partial charge in [0.05, 0.1) is 29.6 Å². The van der Waals surface area contributed by atoms with Crippen LogP contribution in [-0.4, -0.2) is 49.7 Å². The van der Waals surface area contributed by atoms with E-state index in [9.17, 15) is 9.90 Å². The zero-order chi connectivity index (χ0) is 21.3. The number of aryl methyl sites for hydroxylation is 1. The second-order valence-electron chi connectivity index (χ2n) is 7.46. The van der Waals surface area contributed by atoms with E-state index in [0.717, 1.165) is 72.9 Å². The maximum atomic E-state index is 11.9. The number of aliphatic hydroxyl groups is 1. The van der Waals surface area contributed by atoms with Crippen molar-refractivity contribution in [2.45, 2.75) is 44.9 Å². The summed E-state index contributed by atoms with van der Waals surface area (Å²) >= 11 is 12.3. The predicted octanol–water partition coefficient (Wildman–Crippen LogP) is 3.98. The maximum Gasteiger partial charge on any atom is 0.229 e. The van der Waals surface area contributed by atoms with Crippen molar-refractivity contribution >= 4 is 40.5 Å². The third kappa shape index (κ3) is 6.20. The van der Waals surface area contributed by atoms with E-state index < -0.39 is 0 Å². The van der Waals surface area contributed by atoms with Gasteiger partial charge in [0.1, 0.15) is 12.5 Å². The molecule has 2 aliphatic rings. The molecule has 1 aliphatic heterocycles. The number of nitrogens with zero attached hydrogens (tertiary/aromatic N) is 2. The molecule has 0 spiro atoms. The fourth-order valence-electron chi connectivity index (χ4n) is 3.63. The third-order valence-corrected chi connectivity index (χ3v) is 6.23. The number of unbranched alkanes of at least 4 members (excludes halogenated alkanes) is 1. The number of hydrogen-bond donors (Lipinski definition) is 2. The standard InChI is InChI=1S/C22H29Cl2N3O3/c23-18-4-3-5-19(22(18)24)26-12-11-25-10-1-2-13-30-17-8-6-16-7-9-21(29)27(15-28)20(16)14-17/h6,8,14,25,28H,1-5,7,9-13,15H2. The summed E-state index contributed by atoms with van der Waals surface area (Å²) in [5.74, 6) is 0.671. The molecule has 1 heterocycles. The van der Waals surface area contributed by atoms with Crippen LogP contribution in [0.4, 0.5) is 5.69 Å². The van der Waals surface area contributed by atoms with E-state index in [-0.39, 0.29) is 12.6 Å². The Labute approximate surface area is 187 Å². The van der Waals surface area contributed by atoms with Gasteiger partial charge in [-0.1, -0.05) is 29.3 Å². The number of nitrogens with one attached hydrogen (secondary N) is 1. The minimum absolute atomic E-state index is 0.0526. The fourth-order valence-corrected chi connectivity index (χ4v) is 4.13. The molecule has 164 valence electrons. The van der Waals surface area contributed by atoms with Crippen molar-refractivity contribution in [1.82, 2.24) is 5.32 Å². The molecule has 3 rings (SSSR count). The van der Waals surface area contributed by atoms with E-state index in [1.165, 1.54) is 4.90 Å². The van der Waals surface area contributed by atoms with Crippen molar-refractivity contribution in [3.8, 4) is 5.75 Å². The van der Waals surface area contributed by atoms with Crippen LogP contribution in [0.1, 0.15) is 44.1 Å². The Hall–Kier alpha value is -1.60. The Morgan fingerprint density at radius 3 is 2.83 bits per heavy atom. The average molecular weight is 454 g/mol. The highest BCUT2D eigenvalue weighted by Crippen LogP contribution is 2.31. The molecule has 0 aromatic heterocycles. The Morgan fingerprint density at radius 2 is 2.00 bits per heavy atom. The topological polar surface area (TPSA) is 74.2 Å². The molecular weight excluding hydrogens is 425 g/mol. The van der Waals surface area contributed by atoms with Crippen LogP contribution < -0.4 is 15.0 Å². The summed E-state index contributed by atoms with van der Waals surface area (Å²) in [6, 6.07) is 5.75. The molecule has 0 saturated carbocycles. The van der Waals surface area contributed by atoms with Crippen LogP contribution in [0.3, 0.4) is 0 Å². The number of rotatable bonds is 10. The Balaban J connectivity index is 1.31. The predicted molar refractivity (Wildman–Crippen MR) is 122 cm³/mol. The second kappa shape index (κ2) is 11.7. The molecule has 1 amide bonds. The number of allylic oxidation sites excluding steroid dienone is 2. The maximum absolute atomic E-state index is 11.9. The number of carbonyl (C=O) groups is 1. The van der Waals surface area contributed by atoms with Crippen LogP contribution in [0.15, 0.2) is 33.3 Å². The number of hydrogen-bond acceptors (Lipinski definition) is 5. The van der Waals surface area contributed by atoms with Crippen molar-refractivity contribution in [2.75, 3.05) is 37.9 Å². The minimum Gasteiger partial charge on any atom is -0.494 e. The quantitative estimate of drug-likeness (QED) is 0.525. The molecular formula is C22H29Cl2N3O3. The van der Waals surface area contributed by atoms with E-state index >= 15 is 0 Å². The van der Waals surface area contributed by atoms with Gasteiger partial charge in [0.2, 0.25) is 5.91 Å². The fraction of sp³-hybridized carbons (Fsp3) is 0.545. The SMILES string of the molecule is O=C1CCc2ccc(OCCCCNCCN=C3CCCC(Cl)=C3Cl)cc2N1CO. The number of carbonyl (C=O) groups excluding carboxylic acids is 1. The number of fused-ring (bicyclic) bond motifs is 1. The van der Waals surface area contributed by atoms with Crippen molar-refractivity contribution in [1.29, 1.82) is 0 Å². The lowest BCUT2D eigenvalue weighted by molar-refractivity contribution is -0.119. The summed E-state index contributed by atoms with van der Waals surface area (Å²) in [6.07, 6.45) is 5.82. The Kier molecular flexibility index (Phi) is 9.00. The first-order valence-corrected chi connectivity index (χ1v) is 11.3. The lowest BCUT2D eigenvalue weighted by atomic mass is 10.0. The normalized spacial score (nSPS) is 18.2. The number of aliphatic hydroxyl groups excluding tert-OH is 1. The molecule has 8 heteroatoms. The first kappa shape index (κ1) is 23.1. The van der Waals surface area contributed by atoms with Gasteiger partial charge < -0.3 is 15.2 Å². The zero-order valence-electron chi connectivity index (χ0n) is 17.1. The highest BCUT2D eigenvalue weighted by atomic mass is 35.5. The smallest absolute Gasteiger partial charge is 0.229 e. The van der Waals surface area contributed by atoms with Gasteiger partial charge in [-0.2, -0.15) is 0 Å². The summed E-state index contributed by atoms with van der Waals surface area (Å²) in [6.45, 7) is 2.70. The van der Waals surface area contributed by atoms with Gasteiger partial charge >= 0.3 is 0 Å². The number of halogens is 2. The number of ether oxygens (including phenoxy) is 1. The van der Waals surface area contributed by atoms with Gasteiger partial charge in [0, 0.05) is 24.1 Å². The molecule has 1 aromatic carbocycles. The molecule has 1 aliphatic carbocycles. The average Bonchev–Trinajstić information content (AvgIpc) is 2.75. The molecule has 1 aromatic rings. The summed E-state index contributed by atoms with van der Waals surface area (Å²) in [4.78, 5) is 17.9. The lowest BCUT2D eigenvalue weighted by Gasteiger charge is -2.27. The Bertz CT molecular complexity index is 811. The number of aliphatic imine (C=N–C) groups is 1. The molecule has 6 nitrogen and oxygen atoms in total. The first-order chi connectivity index (χ1) is 14.6. The highest BCUT2D eigenvalue weighted by Gasteiger charge is 2.23. The molecule has 0 atom stereocenters. The molecule has 0 saturated heterocycles. The van der Waals surface area contributed by atoms with Crippen molar-refractivity contribution in [2.24, 2.45) is 4.99 Å². The van der Waals surface area contributed by atoms with Crippen LogP contribution in [0.2, 0.25) is 0 Å². The molecule has 0 bridgehead atoms. The summed E-state index contributed by atoms with van der Waals surface area (Å²) < 4.78 is 5.83. The largest absolute Gasteiger partial charge is 0.494 e. The van der Waals surface area contributed by atoms with E-state index in [2.05, 4.69) is 10.3 Å². The highest BCUT2D eigenvalue weighted by molar-refractivity contribution is 6.49. The van der Waals surface area contributed by atoms with Gasteiger partial charge in [-0.05, 0) is 56.7 Å². The number of amides is 1. The molecule has 2 N–H and O–H groups in total. The van der Waals surface area contributed by atoms with Crippen LogP contribution in [-0.2, 0) is 11.2 Å². The van der Waals surface area contributed by atoms with E-state index in [1.54, 1.807) is 0 Å². The van der Waals surface area contributed by atoms with Gasteiger partial charge in [0.25, 0.3) is 0 Å². The first-order valence-electron chi connectivity index (χ1n) is 10.6. The Morgan fingerprint density at radius 1 is 1.13 bits per heavy atom. The minimum atomic E-state index is -0.304. The van der Waals surface area contributed by atoms with E-state index in [1.807, 2.05) is 18.2 Å². The molecule has 0 unspecified atom stereocenters. The van der Waals surface area contributed by atoms with Gasteiger partial charge in [-0.25, -0.2) is 0 Å². The molecule has 30 heavy (non-hydrogen) atoms. The van der Waals surface area contributed by atoms with Crippen molar-refractivity contribution in [3.63, 3.8) is 0 Å². The van der Waals surface area contributed by atoms with Crippen molar-refractivity contribution < 1.29 is 14.6 Å². The van der Waals surface area contributed by atoms with Gasteiger partial charge in [-0.3, -0.25) is 14.7 Å². The summed E-state index contributed by atoms with van der Waals surface area (Å²) in [5.41, 5.74) is 2.74.